The van der Waals surface area contributed by atoms with Gasteiger partial charge >= 0.3 is 0 Å². The first-order valence-electron chi connectivity index (χ1n) is 7.08. The van der Waals surface area contributed by atoms with Crippen LogP contribution < -0.4 is 5.32 Å². The average Bonchev–Trinajstić information content (AvgIpc) is 3.08. The van der Waals surface area contributed by atoms with Crippen molar-refractivity contribution in [1.29, 1.82) is 0 Å². The van der Waals surface area contributed by atoms with Gasteiger partial charge in [0.2, 0.25) is 5.89 Å². The monoisotopic (exact) mass is 330 g/mol. The van der Waals surface area contributed by atoms with Crippen molar-refractivity contribution in [3.8, 4) is 17.2 Å². The molecule has 1 aliphatic rings. The van der Waals surface area contributed by atoms with E-state index in [-0.39, 0.29) is 30.5 Å². The van der Waals surface area contributed by atoms with E-state index in [0.717, 1.165) is 11.0 Å². The molecule has 2 amide bonds. The topological polar surface area (TPSA) is 129 Å². The van der Waals surface area contributed by atoms with E-state index in [0.29, 0.717) is 17.1 Å². The molecule has 0 aliphatic carbocycles. The van der Waals surface area contributed by atoms with Crippen molar-refractivity contribution >= 4 is 17.5 Å². The molecule has 0 bridgehead atoms. The third-order valence-corrected chi connectivity index (χ3v) is 3.37. The summed E-state index contributed by atoms with van der Waals surface area (Å²) in [7, 11) is 0. The number of benzene rings is 1. The normalized spacial score (nSPS) is 14.2. The molecule has 2 heterocycles. The number of phenols is 1. The zero-order chi connectivity index (χ0) is 17.3. The van der Waals surface area contributed by atoms with Crippen LogP contribution in [0, 0.1) is 6.92 Å². The van der Waals surface area contributed by atoms with Crippen molar-refractivity contribution in [3.05, 3.63) is 35.9 Å². The number of aryl methyl sites for hydroxylation is 1. The Hall–Kier alpha value is -3.20. The maximum atomic E-state index is 12.1. The number of aromatic nitrogens is 2. The van der Waals surface area contributed by atoms with Gasteiger partial charge < -0.3 is 19.9 Å². The number of hydrogen-bond donors (Lipinski definition) is 3. The van der Waals surface area contributed by atoms with Gasteiger partial charge in [0, 0.05) is 18.7 Å². The summed E-state index contributed by atoms with van der Waals surface area (Å²) in [5.74, 6) is -0.602. The number of β-amino-alcohol motifs (C(OH)–C–C–N with tert-alkyl or cyclic N) is 1. The molecule has 0 fully saturated rings. The Morgan fingerprint density at radius 1 is 1.29 bits per heavy atom. The van der Waals surface area contributed by atoms with Gasteiger partial charge in [0.25, 0.3) is 17.7 Å². The van der Waals surface area contributed by atoms with E-state index >= 15 is 0 Å². The summed E-state index contributed by atoms with van der Waals surface area (Å²) in [6.07, 6.45) is 1.15. The number of rotatable bonds is 5. The highest BCUT2D eigenvalue weighted by molar-refractivity contribution is 6.17. The molecule has 124 valence electrons. The largest absolute Gasteiger partial charge is 0.507 e. The summed E-state index contributed by atoms with van der Waals surface area (Å²) in [6.45, 7) is 1.25. The highest BCUT2D eigenvalue weighted by atomic mass is 16.4. The molecule has 1 aliphatic heterocycles. The zero-order valence-corrected chi connectivity index (χ0v) is 12.7. The minimum Gasteiger partial charge on any atom is -0.507 e. The van der Waals surface area contributed by atoms with Crippen LogP contribution >= 0.6 is 0 Å². The standard InChI is InChI=1S/C15H14N4O5/c1-8-17-18-14(24-8)10-6-9(2-3-12(10)21)16-11-7-13(22)19(4-5-20)15(11)23/h2-3,6-7,16,20-21H,4-5H2,1H3. The van der Waals surface area contributed by atoms with E-state index in [1.807, 2.05) is 0 Å². The lowest BCUT2D eigenvalue weighted by Crippen LogP contribution is -2.34. The van der Waals surface area contributed by atoms with E-state index in [1.165, 1.54) is 18.2 Å². The quantitative estimate of drug-likeness (QED) is 0.531. The smallest absolute Gasteiger partial charge is 0.277 e. The van der Waals surface area contributed by atoms with Gasteiger partial charge in [-0.2, -0.15) is 0 Å². The van der Waals surface area contributed by atoms with Crippen LogP contribution in [0.2, 0.25) is 0 Å². The van der Waals surface area contributed by atoms with Crippen molar-refractivity contribution in [2.45, 2.75) is 6.92 Å². The summed E-state index contributed by atoms with van der Waals surface area (Å²) in [5, 5.41) is 29.2. The number of nitrogens with zero attached hydrogens (tertiary/aromatic N) is 3. The van der Waals surface area contributed by atoms with E-state index in [1.54, 1.807) is 6.92 Å². The number of anilines is 1. The van der Waals surface area contributed by atoms with Crippen molar-refractivity contribution in [1.82, 2.24) is 15.1 Å². The van der Waals surface area contributed by atoms with Crippen LogP contribution in [0.15, 0.2) is 34.4 Å². The molecule has 1 aromatic carbocycles. The third kappa shape index (κ3) is 2.84. The number of hydrogen-bond acceptors (Lipinski definition) is 8. The number of aliphatic hydroxyl groups is 1. The van der Waals surface area contributed by atoms with E-state index in [2.05, 4.69) is 15.5 Å². The fraction of sp³-hybridized carbons (Fsp3) is 0.200. The van der Waals surface area contributed by atoms with Crippen molar-refractivity contribution in [2.24, 2.45) is 0 Å². The molecule has 3 N–H and O–H groups in total. The van der Waals surface area contributed by atoms with Crippen LogP contribution in [-0.2, 0) is 9.59 Å². The molecular formula is C15H14N4O5. The van der Waals surface area contributed by atoms with Gasteiger partial charge in [-0.05, 0) is 18.2 Å². The lowest BCUT2D eigenvalue weighted by atomic mass is 10.1. The molecular weight excluding hydrogens is 316 g/mol. The number of carbonyl (C=O) groups is 2. The molecule has 1 aromatic heterocycles. The number of imide groups is 1. The Labute approximate surface area is 136 Å². The molecule has 9 nitrogen and oxygen atoms in total. The number of carbonyl (C=O) groups excluding carboxylic acids is 2. The number of aliphatic hydroxyl groups excluding tert-OH is 1. The Bertz CT molecular complexity index is 842. The highest BCUT2D eigenvalue weighted by Gasteiger charge is 2.30. The minimum absolute atomic E-state index is 0.0612. The van der Waals surface area contributed by atoms with Gasteiger partial charge in [-0.25, -0.2) is 0 Å². The first kappa shape index (κ1) is 15.7. The van der Waals surface area contributed by atoms with Crippen LogP contribution in [0.4, 0.5) is 5.69 Å². The van der Waals surface area contributed by atoms with E-state index < -0.39 is 11.8 Å². The second kappa shape index (κ2) is 6.13. The molecule has 0 unspecified atom stereocenters. The van der Waals surface area contributed by atoms with Crippen LogP contribution in [0.25, 0.3) is 11.5 Å². The van der Waals surface area contributed by atoms with Gasteiger partial charge in [-0.3, -0.25) is 14.5 Å². The highest BCUT2D eigenvalue weighted by Crippen LogP contribution is 2.31. The molecule has 2 aromatic rings. The number of amides is 2. The van der Waals surface area contributed by atoms with Crippen LogP contribution in [0.3, 0.4) is 0 Å². The zero-order valence-electron chi connectivity index (χ0n) is 12.7. The summed E-state index contributed by atoms with van der Waals surface area (Å²) in [5.41, 5.74) is 0.828. The van der Waals surface area contributed by atoms with Gasteiger partial charge in [-0.15, -0.1) is 10.2 Å². The van der Waals surface area contributed by atoms with Gasteiger partial charge in [0.15, 0.2) is 0 Å². The number of phenolic OH excluding ortho intramolecular Hbond substituents is 1. The molecule has 9 heteroatoms. The summed E-state index contributed by atoms with van der Waals surface area (Å²) >= 11 is 0. The van der Waals surface area contributed by atoms with Crippen molar-refractivity contribution in [3.63, 3.8) is 0 Å². The van der Waals surface area contributed by atoms with Crippen molar-refractivity contribution in [2.75, 3.05) is 18.5 Å². The summed E-state index contributed by atoms with van der Waals surface area (Å²) in [6, 6.07) is 4.47. The fourth-order valence-electron chi connectivity index (χ4n) is 2.26. The van der Waals surface area contributed by atoms with Crippen LogP contribution in [-0.4, -0.2) is 50.3 Å². The number of nitrogens with one attached hydrogen (secondary N) is 1. The number of aromatic hydroxyl groups is 1. The average molecular weight is 330 g/mol. The molecule has 0 saturated carbocycles. The molecule has 3 rings (SSSR count). The maximum Gasteiger partial charge on any atom is 0.277 e. The predicted molar refractivity (Wildman–Crippen MR) is 81.6 cm³/mol. The van der Waals surface area contributed by atoms with E-state index in [4.69, 9.17) is 9.52 Å². The van der Waals surface area contributed by atoms with Gasteiger partial charge in [0.05, 0.1) is 18.7 Å². The molecule has 24 heavy (non-hydrogen) atoms. The van der Waals surface area contributed by atoms with Gasteiger partial charge in [-0.1, -0.05) is 0 Å². The molecule has 0 saturated heterocycles. The molecule has 0 radical (unpaired) electrons. The fourth-order valence-corrected chi connectivity index (χ4v) is 2.26. The lowest BCUT2D eigenvalue weighted by molar-refractivity contribution is -0.137. The Morgan fingerprint density at radius 3 is 2.75 bits per heavy atom. The first-order valence-corrected chi connectivity index (χ1v) is 7.08. The first-order chi connectivity index (χ1) is 11.5. The molecule has 0 spiro atoms. The van der Waals surface area contributed by atoms with Gasteiger partial charge in [0.1, 0.15) is 11.4 Å². The summed E-state index contributed by atoms with van der Waals surface area (Å²) < 4.78 is 5.28. The summed E-state index contributed by atoms with van der Waals surface area (Å²) in [4.78, 5) is 24.8. The Morgan fingerprint density at radius 2 is 2.08 bits per heavy atom. The SMILES string of the molecule is Cc1nnc(-c2cc(NC3=CC(=O)N(CCO)C3=O)ccc2O)o1. The Balaban J connectivity index is 1.85. The maximum absolute atomic E-state index is 12.1. The van der Waals surface area contributed by atoms with Crippen LogP contribution in [0.5, 0.6) is 5.75 Å². The second-order valence-electron chi connectivity index (χ2n) is 5.06. The lowest BCUT2D eigenvalue weighted by Gasteiger charge is -2.13. The third-order valence-electron chi connectivity index (χ3n) is 3.37. The van der Waals surface area contributed by atoms with Crippen molar-refractivity contribution < 1.29 is 24.2 Å². The predicted octanol–water partition coefficient (Wildman–Crippen LogP) is 0.408. The minimum atomic E-state index is -0.530. The van der Waals surface area contributed by atoms with E-state index in [9.17, 15) is 14.7 Å². The second-order valence-corrected chi connectivity index (χ2v) is 5.06. The Kier molecular flexibility index (Phi) is 4.00. The van der Waals surface area contributed by atoms with Crippen LogP contribution in [0.1, 0.15) is 5.89 Å². The molecule has 0 atom stereocenters.